The van der Waals surface area contributed by atoms with Crippen LogP contribution in [-0.2, 0) is 13.1 Å². The van der Waals surface area contributed by atoms with E-state index in [0.29, 0.717) is 11.1 Å². The van der Waals surface area contributed by atoms with Crippen molar-refractivity contribution in [2.75, 3.05) is 0 Å². The molecule has 2 aromatic carbocycles. The topological polar surface area (TPSA) is 48.6 Å². The molecule has 2 heterocycles. The molecule has 0 fully saturated rings. The third kappa shape index (κ3) is 4.65. The van der Waals surface area contributed by atoms with E-state index in [-0.39, 0.29) is 0 Å². The van der Waals surface area contributed by atoms with E-state index in [1.807, 2.05) is 48.5 Å². The van der Waals surface area contributed by atoms with E-state index in [0.717, 1.165) is 41.6 Å². The minimum atomic E-state index is 0.679. The van der Waals surface area contributed by atoms with Crippen LogP contribution in [0.15, 0.2) is 97.6 Å². The zero-order chi connectivity index (χ0) is 20.8. The number of aromatic nitrogens is 2. The van der Waals surface area contributed by atoms with Gasteiger partial charge in [0.2, 0.25) is 0 Å². The van der Waals surface area contributed by atoms with Gasteiger partial charge in [-0.2, -0.15) is 5.26 Å². The van der Waals surface area contributed by atoms with E-state index < -0.39 is 0 Å². The number of nitrogens with zero attached hydrogens (tertiary/aromatic N) is 3. The fraction of sp³-hybridized carbons (Fsp3) is 0.0769. The van der Waals surface area contributed by atoms with Crippen molar-refractivity contribution in [1.82, 2.24) is 0 Å². The quantitative estimate of drug-likeness (QED) is 0.372. The van der Waals surface area contributed by atoms with Crippen LogP contribution in [0.2, 0.25) is 0 Å². The van der Waals surface area contributed by atoms with Crippen molar-refractivity contribution >= 4 is 6.29 Å². The number of hydrogen-bond acceptors (Lipinski definition) is 2. The minimum Gasteiger partial charge on any atom is -0.298 e. The van der Waals surface area contributed by atoms with Gasteiger partial charge in [0.25, 0.3) is 0 Å². The molecule has 144 valence electrons. The normalized spacial score (nSPS) is 10.4. The lowest BCUT2D eigenvalue weighted by Gasteiger charge is -2.03. The average Bonchev–Trinajstić information content (AvgIpc) is 2.81. The smallest absolute Gasteiger partial charge is 0.173 e. The first-order valence-electron chi connectivity index (χ1n) is 9.75. The molecule has 4 heteroatoms. The molecule has 4 rings (SSSR count). The van der Waals surface area contributed by atoms with Crippen molar-refractivity contribution < 1.29 is 13.9 Å². The fourth-order valence-electron chi connectivity index (χ4n) is 3.32. The Morgan fingerprint density at radius 3 is 1.50 bits per heavy atom. The van der Waals surface area contributed by atoms with Crippen molar-refractivity contribution in [2.24, 2.45) is 0 Å². The molecule has 0 aliphatic rings. The molecule has 0 spiro atoms. The molecule has 2 aromatic heterocycles. The molecule has 0 saturated carbocycles. The molecule has 0 atom stereocenters. The second-order valence-electron chi connectivity index (χ2n) is 7.19. The van der Waals surface area contributed by atoms with Crippen LogP contribution in [0.4, 0.5) is 0 Å². The summed E-state index contributed by atoms with van der Waals surface area (Å²) in [4.78, 5) is 10.8. The molecule has 0 unspecified atom stereocenters. The van der Waals surface area contributed by atoms with E-state index in [4.69, 9.17) is 5.26 Å². The summed E-state index contributed by atoms with van der Waals surface area (Å²) in [5, 5.41) is 8.90. The highest BCUT2D eigenvalue weighted by atomic mass is 16.1. The van der Waals surface area contributed by atoms with E-state index in [1.54, 1.807) is 0 Å². The first-order chi connectivity index (χ1) is 14.7. The highest BCUT2D eigenvalue weighted by Crippen LogP contribution is 2.16. The summed E-state index contributed by atoms with van der Waals surface area (Å²) in [6, 6.07) is 25.9. The van der Waals surface area contributed by atoms with Gasteiger partial charge in [0.05, 0.1) is 11.6 Å². The highest BCUT2D eigenvalue weighted by Gasteiger charge is 2.07. The van der Waals surface area contributed by atoms with Crippen molar-refractivity contribution in [3.05, 3.63) is 120 Å². The van der Waals surface area contributed by atoms with Crippen LogP contribution in [0, 0.1) is 11.3 Å². The minimum absolute atomic E-state index is 0.679. The summed E-state index contributed by atoms with van der Waals surface area (Å²) in [6.45, 7) is 1.53. The number of benzene rings is 2. The summed E-state index contributed by atoms with van der Waals surface area (Å²) >= 11 is 0. The SMILES string of the molecule is N#Cc1ccc(C[n+]2ccc(-c3cc[n+](Cc4ccc(C=O)cc4)cc3)cc2)cc1. The van der Waals surface area contributed by atoms with Gasteiger partial charge in [0, 0.05) is 41.0 Å². The van der Waals surface area contributed by atoms with Gasteiger partial charge in [-0.25, -0.2) is 9.13 Å². The van der Waals surface area contributed by atoms with Gasteiger partial charge in [-0.15, -0.1) is 0 Å². The van der Waals surface area contributed by atoms with Crippen LogP contribution in [0.25, 0.3) is 11.1 Å². The standard InChI is InChI=1S/C26H21N3O/c27-17-21-1-3-22(4-2-21)18-28-13-9-25(10-14-28)26-11-15-29(16-12-26)19-23-5-7-24(20-30)8-6-23/h1-16,20H,18-19H2/q+2. The number of carbonyl (C=O) groups excluding carboxylic acids is 1. The van der Waals surface area contributed by atoms with Crippen LogP contribution in [-0.4, -0.2) is 6.29 Å². The van der Waals surface area contributed by atoms with Gasteiger partial charge < -0.3 is 0 Å². The molecule has 4 aromatic rings. The molecular weight excluding hydrogens is 370 g/mol. The lowest BCUT2D eigenvalue weighted by molar-refractivity contribution is -0.688. The predicted octanol–water partition coefficient (Wildman–Crippen LogP) is 3.71. The number of nitriles is 1. The third-order valence-electron chi connectivity index (χ3n) is 5.04. The van der Waals surface area contributed by atoms with E-state index in [1.165, 1.54) is 0 Å². The number of carbonyl (C=O) groups is 1. The molecule has 0 aliphatic heterocycles. The largest absolute Gasteiger partial charge is 0.298 e. The van der Waals surface area contributed by atoms with Gasteiger partial charge >= 0.3 is 0 Å². The maximum Gasteiger partial charge on any atom is 0.173 e. The summed E-state index contributed by atoms with van der Waals surface area (Å²) in [7, 11) is 0. The van der Waals surface area contributed by atoms with Gasteiger partial charge in [-0.05, 0) is 23.3 Å². The van der Waals surface area contributed by atoms with Crippen LogP contribution in [0.1, 0.15) is 27.0 Å². The molecule has 30 heavy (non-hydrogen) atoms. The van der Waals surface area contributed by atoms with Crippen molar-refractivity contribution in [3.63, 3.8) is 0 Å². The van der Waals surface area contributed by atoms with E-state index >= 15 is 0 Å². The first-order valence-corrected chi connectivity index (χ1v) is 9.75. The lowest BCUT2D eigenvalue weighted by atomic mass is 10.1. The van der Waals surface area contributed by atoms with Crippen molar-refractivity contribution in [1.29, 1.82) is 5.26 Å². The predicted molar refractivity (Wildman–Crippen MR) is 113 cm³/mol. The Morgan fingerprint density at radius 1 is 0.667 bits per heavy atom. The fourth-order valence-corrected chi connectivity index (χ4v) is 3.32. The Labute approximate surface area is 175 Å². The Bertz CT molecular complexity index is 1170. The monoisotopic (exact) mass is 391 g/mol. The third-order valence-corrected chi connectivity index (χ3v) is 5.04. The van der Waals surface area contributed by atoms with Crippen LogP contribution in [0.3, 0.4) is 0 Å². The van der Waals surface area contributed by atoms with Crippen LogP contribution in [0.5, 0.6) is 0 Å². The molecule has 0 bridgehead atoms. The number of aldehydes is 1. The van der Waals surface area contributed by atoms with Crippen molar-refractivity contribution in [2.45, 2.75) is 13.1 Å². The average molecular weight is 391 g/mol. The summed E-state index contributed by atoms with van der Waals surface area (Å²) in [5.41, 5.74) is 6.01. The molecule has 0 aliphatic carbocycles. The van der Waals surface area contributed by atoms with Gasteiger partial charge in [0.1, 0.15) is 6.29 Å². The molecular formula is C26H21N3O+2. The Hall–Kier alpha value is -4.10. The van der Waals surface area contributed by atoms with Gasteiger partial charge in [-0.1, -0.05) is 36.4 Å². The van der Waals surface area contributed by atoms with Gasteiger partial charge in [-0.3, -0.25) is 4.79 Å². The molecule has 0 radical (unpaired) electrons. The second-order valence-corrected chi connectivity index (χ2v) is 7.19. The number of pyridine rings is 2. The zero-order valence-electron chi connectivity index (χ0n) is 16.5. The Morgan fingerprint density at radius 2 is 1.10 bits per heavy atom. The van der Waals surface area contributed by atoms with Gasteiger partial charge in [0.15, 0.2) is 37.9 Å². The lowest BCUT2D eigenvalue weighted by Crippen LogP contribution is -2.33. The molecule has 0 N–H and O–H groups in total. The maximum atomic E-state index is 10.8. The Balaban J connectivity index is 1.42. The van der Waals surface area contributed by atoms with Crippen LogP contribution >= 0.6 is 0 Å². The van der Waals surface area contributed by atoms with E-state index in [2.05, 4.69) is 64.3 Å². The molecule has 0 amide bonds. The van der Waals surface area contributed by atoms with E-state index in [9.17, 15) is 4.79 Å². The molecule has 0 saturated heterocycles. The first kappa shape index (κ1) is 19.2. The molecule has 4 nitrogen and oxygen atoms in total. The second kappa shape index (κ2) is 8.93. The zero-order valence-corrected chi connectivity index (χ0v) is 16.5. The summed E-state index contributed by atoms with van der Waals surface area (Å²) in [6.07, 6.45) is 9.15. The number of hydrogen-bond donors (Lipinski definition) is 0. The van der Waals surface area contributed by atoms with Crippen LogP contribution < -0.4 is 9.13 Å². The number of rotatable bonds is 6. The highest BCUT2D eigenvalue weighted by molar-refractivity contribution is 5.74. The maximum absolute atomic E-state index is 10.8. The summed E-state index contributed by atoms with van der Waals surface area (Å²) in [5.74, 6) is 0. The Kier molecular flexibility index (Phi) is 5.73. The summed E-state index contributed by atoms with van der Waals surface area (Å²) < 4.78 is 4.24. The van der Waals surface area contributed by atoms with Crippen molar-refractivity contribution in [3.8, 4) is 17.2 Å².